The molecule has 0 amide bonds. The minimum absolute atomic E-state index is 0.232. The lowest BCUT2D eigenvalue weighted by Crippen LogP contribution is -1.78. The maximum absolute atomic E-state index is 12.9. The number of nitrogens with one attached hydrogen (secondary N) is 1. The molecule has 14 heavy (non-hydrogen) atoms. The molecule has 2 aromatic rings. The van der Waals surface area contributed by atoms with E-state index < -0.39 is 0 Å². The highest BCUT2D eigenvalue weighted by Crippen LogP contribution is 2.20. The second-order valence-corrected chi connectivity index (χ2v) is 3.33. The Labute approximate surface area is 86.5 Å². The van der Waals surface area contributed by atoms with Crippen molar-refractivity contribution in [3.05, 3.63) is 47.9 Å². The highest BCUT2D eigenvalue weighted by Gasteiger charge is 2.01. The monoisotopic (exact) mass is 209 g/mol. The number of hydrogen-bond donors (Lipinski definition) is 1. The van der Waals surface area contributed by atoms with Crippen LogP contribution in [-0.2, 0) is 5.88 Å². The average Bonchev–Trinajstić information content (AvgIpc) is 2.66. The van der Waals surface area contributed by atoms with Crippen molar-refractivity contribution in [3.63, 3.8) is 0 Å². The van der Waals surface area contributed by atoms with Gasteiger partial charge in [0.2, 0.25) is 0 Å². The molecule has 72 valence electrons. The van der Waals surface area contributed by atoms with Gasteiger partial charge in [-0.2, -0.15) is 0 Å². The highest BCUT2D eigenvalue weighted by atomic mass is 35.5. The van der Waals surface area contributed by atoms with Crippen LogP contribution >= 0.6 is 11.6 Å². The second kappa shape index (κ2) is 3.84. The Morgan fingerprint density at radius 1 is 1.29 bits per heavy atom. The van der Waals surface area contributed by atoms with E-state index in [2.05, 4.69) is 4.98 Å². The maximum atomic E-state index is 12.9. The van der Waals surface area contributed by atoms with Crippen molar-refractivity contribution in [2.75, 3.05) is 0 Å². The summed E-state index contributed by atoms with van der Waals surface area (Å²) >= 11 is 5.66. The normalized spacial score (nSPS) is 10.4. The molecule has 0 saturated carbocycles. The predicted octanol–water partition coefficient (Wildman–Crippen LogP) is 3.56. The fourth-order valence-corrected chi connectivity index (χ4v) is 1.49. The summed E-state index contributed by atoms with van der Waals surface area (Å²) in [5, 5.41) is 0. The Bertz CT molecular complexity index is 436. The van der Waals surface area contributed by atoms with E-state index in [0.717, 1.165) is 16.8 Å². The number of H-pyrrole nitrogens is 1. The van der Waals surface area contributed by atoms with E-state index in [0.29, 0.717) is 5.88 Å². The molecule has 0 saturated heterocycles. The third kappa shape index (κ3) is 1.80. The third-order valence-corrected chi connectivity index (χ3v) is 2.34. The van der Waals surface area contributed by atoms with Gasteiger partial charge in [0.05, 0.1) is 0 Å². The predicted molar refractivity (Wildman–Crippen MR) is 55.7 cm³/mol. The van der Waals surface area contributed by atoms with Gasteiger partial charge in [-0.25, -0.2) is 4.39 Å². The van der Waals surface area contributed by atoms with Crippen LogP contribution in [0.25, 0.3) is 11.3 Å². The van der Waals surface area contributed by atoms with Crippen molar-refractivity contribution in [2.24, 2.45) is 0 Å². The number of aromatic nitrogens is 1. The van der Waals surface area contributed by atoms with Crippen LogP contribution in [0.15, 0.2) is 36.5 Å². The zero-order chi connectivity index (χ0) is 9.97. The van der Waals surface area contributed by atoms with Gasteiger partial charge < -0.3 is 4.98 Å². The molecule has 3 heteroatoms. The standard InChI is InChI=1S/C11H9ClFN/c12-6-8-4-11(14-7-8)9-2-1-3-10(13)5-9/h1-5,7,14H,6H2. The number of benzene rings is 1. The molecule has 0 aliphatic heterocycles. The summed E-state index contributed by atoms with van der Waals surface area (Å²) in [6.07, 6.45) is 1.83. The molecule has 0 spiro atoms. The molecular weight excluding hydrogens is 201 g/mol. The van der Waals surface area contributed by atoms with Crippen LogP contribution in [0.1, 0.15) is 5.56 Å². The molecule has 0 fully saturated rings. The van der Waals surface area contributed by atoms with Crippen molar-refractivity contribution in [3.8, 4) is 11.3 Å². The Morgan fingerprint density at radius 2 is 2.14 bits per heavy atom. The van der Waals surface area contributed by atoms with Gasteiger partial charge >= 0.3 is 0 Å². The van der Waals surface area contributed by atoms with Crippen LogP contribution in [0.3, 0.4) is 0 Å². The van der Waals surface area contributed by atoms with Crippen molar-refractivity contribution >= 4 is 11.6 Å². The van der Waals surface area contributed by atoms with Gasteiger partial charge in [0.1, 0.15) is 5.82 Å². The topological polar surface area (TPSA) is 15.8 Å². The van der Waals surface area contributed by atoms with E-state index in [1.807, 2.05) is 18.3 Å². The summed E-state index contributed by atoms with van der Waals surface area (Å²) in [7, 11) is 0. The van der Waals surface area contributed by atoms with E-state index in [9.17, 15) is 4.39 Å². The lowest BCUT2D eigenvalue weighted by atomic mass is 10.1. The Kier molecular flexibility index (Phi) is 2.55. The zero-order valence-electron chi connectivity index (χ0n) is 7.43. The molecule has 1 N–H and O–H groups in total. The van der Waals surface area contributed by atoms with Gasteiger partial charge in [-0.1, -0.05) is 12.1 Å². The maximum Gasteiger partial charge on any atom is 0.123 e. The molecule has 1 aromatic carbocycles. The molecule has 1 heterocycles. The summed E-state index contributed by atoms with van der Waals surface area (Å²) in [4.78, 5) is 3.05. The molecule has 0 radical (unpaired) electrons. The minimum Gasteiger partial charge on any atom is -0.361 e. The lowest BCUT2D eigenvalue weighted by Gasteiger charge is -1.96. The minimum atomic E-state index is -0.232. The number of alkyl halides is 1. The molecule has 0 atom stereocenters. The molecule has 0 unspecified atom stereocenters. The molecule has 2 rings (SSSR count). The van der Waals surface area contributed by atoms with E-state index in [1.54, 1.807) is 6.07 Å². The first-order valence-corrected chi connectivity index (χ1v) is 4.82. The molecule has 1 aromatic heterocycles. The smallest absolute Gasteiger partial charge is 0.123 e. The van der Waals surface area contributed by atoms with Gasteiger partial charge in [0.25, 0.3) is 0 Å². The van der Waals surface area contributed by atoms with Crippen LogP contribution in [0.4, 0.5) is 4.39 Å². The van der Waals surface area contributed by atoms with Gasteiger partial charge in [-0.3, -0.25) is 0 Å². The Hall–Kier alpha value is -1.28. The van der Waals surface area contributed by atoms with Crippen LogP contribution in [-0.4, -0.2) is 4.98 Å². The van der Waals surface area contributed by atoms with Crippen molar-refractivity contribution in [1.29, 1.82) is 0 Å². The van der Waals surface area contributed by atoms with Crippen molar-refractivity contribution in [1.82, 2.24) is 4.98 Å². The van der Waals surface area contributed by atoms with Crippen molar-refractivity contribution in [2.45, 2.75) is 5.88 Å². The molecular formula is C11H9ClFN. The van der Waals surface area contributed by atoms with Gasteiger partial charge in [-0.15, -0.1) is 11.6 Å². The SMILES string of the molecule is Fc1cccc(-c2cc(CCl)c[nH]2)c1. The van der Waals surface area contributed by atoms with Crippen LogP contribution < -0.4 is 0 Å². The number of halogens is 2. The lowest BCUT2D eigenvalue weighted by molar-refractivity contribution is 0.628. The largest absolute Gasteiger partial charge is 0.361 e. The van der Waals surface area contributed by atoms with Crippen LogP contribution in [0.5, 0.6) is 0 Å². The van der Waals surface area contributed by atoms with Crippen LogP contribution in [0.2, 0.25) is 0 Å². The van der Waals surface area contributed by atoms with Crippen molar-refractivity contribution < 1.29 is 4.39 Å². The zero-order valence-corrected chi connectivity index (χ0v) is 8.18. The summed E-state index contributed by atoms with van der Waals surface area (Å²) in [6, 6.07) is 8.37. The summed E-state index contributed by atoms with van der Waals surface area (Å²) in [5.74, 6) is 0.232. The first-order chi connectivity index (χ1) is 6.79. The average molecular weight is 210 g/mol. The molecule has 0 bridgehead atoms. The van der Waals surface area contributed by atoms with Gasteiger partial charge in [-0.05, 0) is 23.8 Å². The third-order valence-electron chi connectivity index (χ3n) is 2.03. The first-order valence-electron chi connectivity index (χ1n) is 4.29. The highest BCUT2D eigenvalue weighted by molar-refractivity contribution is 6.17. The van der Waals surface area contributed by atoms with E-state index >= 15 is 0 Å². The summed E-state index contributed by atoms with van der Waals surface area (Å²) < 4.78 is 12.9. The summed E-state index contributed by atoms with van der Waals surface area (Å²) in [5.41, 5.74) is 2.73. The fraction of sp³-hybridized carbons (Fsp3) is 0.0909. The molecule has 0 aliphatic rings. The van der Waals surface area contributed by atoms with Crippen LogP contribution in [0, 0.1) is 5.82 Å². The quantitative estimate of drug-likeness (QED) is 0.728. The Balaban J connectivity index is 2.39. The summed E-state index contributed by atoms with van der Waals surface area (Å²) in [6.45, 7) is 0. The number of rotatable bonds is 2. The van der Waals surface area contributed by atoms with E-state index in [1.165, 1.54) is 12.1 Å². The first kappa shape index (κ1) is 9.28. The molecule has 1 nitrogen and oxygen atoms in total. The van der Waals surface area contributed by atoms with Gasteiger partial charge in [0, 0.05) is 23.3 Å². The Morgan fingerprint density at radius 3 is 2.79 bits per heavy atom. The van der Waals surface area contributed by atoms with Gasteiger partial charge in [0.15, 0.2) is 0 Å². The van der Waals surface area contributed by atoms with E-state index in [4.69, 9.17) is 11.6 Å². The fourth-order valence-electron chi connectivity index (χ4n) is 1.34. The second-order valence-electron chi connectivity index (χ2n) is 3.07. The van der Waals surface area contributed by atoms with E-state index in [-0.39, 0.29) is 5.82 Å². The molecule has 0 aliphatic carbocycles. The number of hydrogen-bond acceptors (Lipinski definition) is 0. The number of aromatic amines is 1.